The molecule has 0 aromatic rings. The standard InChI is InChI=1S/C6H12N2.C3H8/c1-5(2)4-6(7)8-3;1-3-2/h4,8H,1,7H2,2-3H3;3H2,1-2H3/b6-4-;. The fraction of sp³-hybridized carbons (Fsp3) is 0.556. The first-order chi connectivity index (χ1) is 5.08. The molecule has 0 aromatic heterocycles. The van der Waals surface area contributed by atoms with E-state index in [0.29, 0.717) is 5.82 Å². The minimum absolute atomic E-state index is 0.650. The molecule has 0 aliphatic heterocycles. The molecular weight excluding hydrogens is 136 g/mol. The molecular formula is C9H20N2. The van der Waals surface area contributed by atoms with E-state index in [2.05, 4.69) is 25.7 Å². The minimum Gasteiger partial charge on any atom is -0.386 e. The van der Waals surface area contributed by atoms with Crippen molar-refractivity contribution >= 4 is 0 Å². The lowest BCUT2D eigenvalue weighted by atomic mass is 10.3. The Bertz CT molecular complexity index is 126. The van der Waals surface area contributed by atoms with E-state index in [-0.39, 0.29) is 0 Å². The van der Waals surface area contributed by atoms with Gasteiger partial charge >= 0.3 is 0 Å². The Morgan fingerprint density at radius 2 is 1.91 bits per heavy atom. The average Bonchev–Trinajstić information content (AvgIpc) is 1.88. The summed E-state index contributed by atoms with van der Waals surface area (Å²) in [5, 5.41) is 2.77. The van der Waals surface area contributed by atoms with E-state index in [0.717, 1.165) is 5.57 Å². The van der Waals surface area contributed by atoms with Crippen LogP contribution >= 0.6 is 0 Å². The Labute approximate surface area is 70.2 Å². The molecule has 2 nitrogen and oxygen atoms in total. The quantitative estimate of drug-likeness (QED) is 0.600. The lowest BCUT2D eigenvalue weighted by Crippen LogP contribution is -2.14. The first-order valence-electron chi connectivity index (χ1n) is 3.88. The molecule has 0 rings (SSSR count). The molecule has 0 saturated carbocycles. The lowest BCUT2D eigenvalue weighted by Gasteiger charge is -1.96. The maximum Gasteiger partial charge on any atom is 0.0959 e. The van der Waals surface area contributed by atoms with Crippen molar-refractivity contribution in [1.29, 1.82) is 0 Å². The van der Waals surface area contributed by atoms with Crippen molar-refractivity contribution < 1.29 is 0 Å². The van der Waals surface area contributed by atoms with Gasteiger partial charge in [-0.3, -0.25) is 0 Å². The van der Waals surface area contributed by atoms with Crippen LogP contribution in [-0.2, 0) is 0 Å². The summed E-state index contributed by atoms with van der Waals surface area (Å²) in [5.41, 5.74) is 6.32. The Morgan fingerprint density at radius 3 is 2.00 bits per heavy atom. The molecule has 11 heavy (non-hydrogen) atoms. The molecule has 66 valence electrons. The van der Waals surface area contributed by atoms with E-state index in [4.69, 9.17) is 5.73 Å². The predicted molar refractivity (Wildman–Crippen MR) is 52.1 cm³/mol. The minimum atomic E-state index is 0.650. The fourth-order valence-electron chi connectivity index (χ4n) is 0.338. The van der Waals surface area contributed by atoms with E-state index in [1.54, 1.807) is 13.1 Å². The van der Waals surface area contributed by atoms with Crippen LogP contribution in [0.5, 0.6) is 0 Å². The van der Waals surface area contributed by atoms with Crippen LogP contribution in [0.15, 0.2) is 24.0 Å². The smallest absolute Gasteiger partial charge is 0.0959 e. The van der Waals surface area contributed by atoms with Crippen molar-refractivity contribution in [2.45, 2.75) is 27.2 Å². The summed E-state index contributed by atoms with van der Waals surface area (Å²) >= 11 is 0. The first kappa shape index (κ1) is 12.7. The van der Waals surface area contributed by atoms with Crippen molar-refractivity contribution in [1.82, 2.24) is 5.32 Å². The Balaban J connectivity index is 0. The van der Waals surface area contributed by atoms with E-state index in [9.17, 15) is 0 Å². The van der Waals surface area contributed by atoms with Gasteiger partial charge in [-0.1, -0.05) is 32.4 Å². The van der Waals surface area contributed by atoms with Crippen LogP contribution in [0.25, 0.3) is 0 Å². The van der Waals surface area contributed by atoms with Gasteiger partial charge in [0.15, 0.2) is 0 Å². The van der Waals surface area contributed by atoms with Gasteiger partial charge in [0.25, 0.3) is 0 Å². The Kier molecular flexibility index (Phi) is 10.5. The van der Waals surface area contributed by atoms with Crippen molar-refractivity contribution in [2.75, 3.05) is 7.05 Å². The zero-order valence-electron chi connectivity index (χ0n) is 8.07. The highest BCUT2D eigenvalue weighted by Gasteiger charge is 1.79. The van der Waals surface area contributed by atoms with Gasteiger partial charge in [0.05, 0.1) is 5.82 Å². The third-order valence-corrected chi connectivity index (χ3v) is 0.691. The Hall–Kier alpha value is -0.920. The van der Waals surface area contributed by atoms with Gasteiger partial charge in [-0.25, -0.2) is 0 Å². The second kappa shape index (κ2) is 9.08. The van der Waals surface area contributed by atoms with Crippen molar-refractivity contribution in [3.63, 3.8) is 0 Å². The molecule has 0 atom stereocenters. The second-order valence-electron chi connectivity index (χ2n) is 2.40. The Morgan fingerprint density at radius 1 is 1.55 bits per heavy atom. The molecule has 0 bridgehead atoms. The molecule has 0 spiro atoms. The normalized spacial score (nSPS) is 9.64. The number of nitrogens with two attached hydrogens (primary N) is 1. The summed E-state index contributed by atoms with van der Waals surface area (Å²) in [7, 11) is 1.77. The third kappa shape index (κ3) is 17.6. The van der Waals surface area contributed by atoms with Crippen LogP contribution in [-0.4, -0.2) is 7.05 Å². The molecule has 0 unspecified atom stereocenters. The summed E-state index contributed by atoms with van der Waals surface area (Å²) in [4.78, 5) is 0. The van der Waals surface area contributed by atoms with E-state index in [1.807, 2.05) is 6.92 Å². The summed E-state index contributed by atoms with van der Waals surface area (Å²) in [5.74, 6) is 0.650. The number of hydrogen-bond donors (Lipinski definition) is 2. The van der Waals surface area contributed by atoms with Gasteiger partial charge in [-0.15, -0.1) is 0 Å². The van der Waals surface area contributed by atoms with Crippen molar-refractivity contribution in [3.8, 4) is 0 Å². The lowest BCUT2D eigenvalue weighted by molar-refractivity contribution is 0.962. The molecule has 2 heteroatoms. The summed E-state index contributed by atoms with van der Waals surface area (Å²) in [6.07, 6.45) is 3.03. The molecule has 3 N–H and O–H groups in total. The largest absolute Gasteiger partial charge is 0.386 e. The fourth-order valence-corrected chi connectivity index (χ4v) is 0.338. The summed E-state index contributed by atoms with van der Waals surface area (Å²) < 4.78 is 0. The summed E-state index contributed by atoms with van der Waals surface area (Å²) in [6.45, 7) is 9.79. The first-order valence-corrected chi connectivity index (χ1v) is 3.88. The molecule has 0 saturated heterocycles. The topological polar surface area (TPSA) is 38.0 Å². The average molecular weight is 156 g/mol. The summed E-state index contributed by atoms with van der Waals surface area (Å²) in [6, 6.07) is 0. The van der Waals surface area contributed by atoms with Gasteiger partial charge in [0, 0.05) is 7.05 Å². The number of hydrogen-bond acceptors (Lipinski definition) is 2. The number of rotatable bonds is 2. The van der Waals surface area contributed by atoms with E-state index >= 15 is 0 Å². The molecule has 0 aromatic carbocycles. The van der Waals surface area contributed by atoms with Crippen LogP contribution in [0.3, 0.4) is 0 Å². The zero-order valence-corrected chi connectivity index (χ0v) is 8.07. The SMILES string of the molecule is C=C(C)/C=C(/N)NC.CCC. The number of allylic oxidation sites excluding steroid dienone is 2. The highest BCUT2D eigenvalue weighted by molar-refractivity contribution is 5.14. The third-order valence-electron chi connectivity index (χ3n) is 0.691. The van der Waals surface area contributed by atoms with Crippen molar-refractivity contribution in [2.24, 2.45) is 5.73 Å². The zero-order chi connectivity index (χ0) is 9.28. The van der Waals surface area contributed by atoms with Gasteiger partial charge in [-0.2, -0.15) is 0 Å². The van der Waals surface area contributed by atoms with Gasteiger partial charge in [-0.05, 0) is 13.0 Å². The van der Waals surface area contributed by atoms with Crippen LogP contribution in [0, 0.1) is 0 Å². The molecule has 0 aliphatic carbocycles. The van der Waals surface area contributed by atoms with Gasteiger partial charge < -0.3 is 11.1 Å². The second-order valence-corrected chi connectivity index (χ2v) is 2.40. The highest BCUT2D eigenvalue weighted by Crippen LogP contribution is 1.88. The maximum atomic E-state index is 5.36. The predicted octanol–water partition coefficient (Wildman–Crippen LogP) is 2.00. The maximum absolute atomic E-state index is 5.36. The molecule has 0 fully saturated rings. The molecule has 0 aliphatic rings. The van der Waals surface area contributed by atoms with Crippen molar-refractivity contribution in [3.05, 3.63) is 24.0 Å². The molecule has 0 radical (unpaired) electrons. The highest BCUT2D eigenvalue weighted by atomic mass is 14.9. The van der Waals surface area contributed by atoms with Gasteiger partial charge in [0.2, 0.25) is 0 Å². The van der Waals surface area contributed by atoms with Crippen LogP contribution in [0.1, 0.15) is 27.2 Å². The molecule has 0 amide bonds. The van der Waals surface area contributed by atoms with Crippen LogP contribution in [0.4, 0.5) is 0 Å². The van der Waals surface area contributed by atoms with Gasteiger partial charge in [0.1, 0.15) is 0 Å². The monoisotopic (exact) mass is 156 g/mol. The van der Waals surface area contributed by atoms with E-state index < -0.39 is 0 Å². The van der Waals surface area contributed by atoms with E-state index in [1.165, 1.54) is 6.42 Å². The number of nitrogens with one attached hydrogen (secondary N) is 1. The van der Waals surface area contributed by atoms with Crippen LogP contribution < -0.4 is 11.1 Å². The van der Waals surface area contributed by atoms with Crippen LogP contribution in [0.2, 0.25) is 0 Å². The molecule has 0 heterocycles.